The molecule has 0 unspecified atom stereocenters. The van der Waals surface area contributed by atoms with Crippen molar-refractivity contribution in [2.45, 2.75) is 33.1 Å². The number of benzene rings is 1. The van der Waals surface area contributed by atoms with Crippen LogP contribution in [0, 0.1) is 12.8 Å². The van der Waals surface area contributed by atoms with Gasteiger partial charge < -0.3 is 10.3 Å². The van der Waals surface area contributed by atoms with Crippen LogP contribution in [-0.2, 0) is 12.8 Å². The summed E-state index contributed by atoms with van der Waals surface area (Å²) >= 11 is 0. The van der Waals surface area contributed by atoms with Crippen molar-refractivity contribution in [3.05, 3.63) is 63.1 Å². The molecule has 4 heteroatoms. The molecule has 4 nitrogen and oxygen atoms in total. The van der Waals surface area contributed by atoms with E-state index in [-0.39, 0.29) is 17.0 Å². The molecule has 0 radical (unpaired) electrons. The van der Waals surface area contributed by atoms with E-state index in [2.05, 4.69) is 17.2 Å². The molecule has 22 heavy (non-hydrogen) atoms. The van der Waals surface area contributed by atoms with Crippen LogP contribution in [0.2, 0.25) is 0 Å². The van der Waals surface area contributed by atoms with Gasteiger partial charge in [0.15, 0.2) is 0 Å². The van der Waals surface area contributed by atoms with Crippen molar-refractivity contribution in [3.63, 3.8) is 0 Å². The standard InChI is InChI=1S/C18H20N2O2/c1-11-3-6-14(7-4-11)19-17(21)15-10-13-9-12(2)5-8-16(13)20-18(15)22/h3-4,6-7,10,12H,5,8-9H2,1-2H3,(H,19,21)(H,20,22)/t12-/m1/s1. The van der Waals surface area contributed by atoms with Crippen LogP contribution >= 0.6 is 0 Å². The van der Waals surface area contributed by atoms with Crippen molar-refractivity contribution in [1.82, 2.24) is 4.98 Å². The van der Waals surface area contributed by atoms with Gasteiger partial charge in [0.05, 0.1) is 0 Å². The van der Waals surface area contributed by atoms with Crippen molar-refractivity contribution >= 4 is 11.6 Å². The van der Waals surface area contributed by atoms with Crippen molar-refractivity contribution in [2.75, 3.05) is 5.32 Å². The maximum atomic E-state index is 12.4. The maximum Gasteiger partial charge on any atom is 0.261 e. The maximum absolute atomic E-state index is 12.4. The van der Waals surface area contributed by atoms with Gasteiger partial charge in [0.25, 0.3) is 11.5 Å². The molecule has 0 spiro atoms. The lowest BCUT2D eigenvalue weighted by Crippen LogP contribution is -2.27. The monoisotopic (exact) mass is 296 g/mol. The molecule has 1 aliphatic rings. The Labute approximate surface area is 129 Å². The third kappa shape index (κ3) is 2.96. The fraction of sp³-hybridized carbons (Fsp3) is 0.333. The molecular formula is C18H20N2O2. The largest absolute Gasteiger partial charge is 0.325 e. The number of H-pyrrole nitrogens is 1. The first kappa shape index (κ1) is 14.6. The number of anilines is 1. The van der Waals surface area contributed by atoms with Crippen LogP contribution in [0.25, 0.3) is 0 Å². The fourth-order valence-corrected chi connectivity index (χ4v) is 2.89. The smallest absolute Gasteiger partial charge is 0.261 e. The molecule has 3 rings (SSSR count). The van der Waals surface area contributed by atoms with E-state index < -0.39 is 0 Å². The van der Waals surface area contributed by atoms with E-state index in [0.29, 0.717) is 11.6 Å². The lowest BCUT2D eigenvalue weighted by molar-refractivity contribution is 0.102. The molecule has 1 heterocycles. The van der Waals surface area contributed by atoms with Crippen LogP contribution in [0.5, 0.6) is 0 Å². The van der Waals surface area contributed by atoms with Crippen LogP contribution in [0.15, 0.2) is 35.1 Å². The van der Waals surface area contributed by atoms with Gasteiger partial charge in [-0.25, -0.2) is 0 Å². The second kappa shape index (κ2) is 5.79. The summed E-state index contributed by atoms with van der Waals surface area (Å²) in [5.74, 6) is 0.234. The molecule has 114 valence electrons. The zero-order valence-corrected chi connectivity index (χ0v) is 12.9. The van der Waals surface area contributed by atoms with Gasteiger partial charge in [0.2, 0.25) is 0 Å². The van der Waals surface area contributed by atoms with Crippen molar-refractivity contribution in [1.29, 1.82) is 0 Å². The first-order valence-electron chi connectivity index (χ1n) is 7.66. The summed E-state index contributed by atoms with van der Waals surface area (Å²) in [6, 6.07) is 9.28. The van der Waals surface area contributed by atoms with E-state index in [1.165, 1.54) is 0 Å². The minimum atomic E-state index is -0.355. The number of aromatic amines is 1. The Morgan fingerprint density at radius 1 is 1.27 bits per heavy atom. The molecule has 0 saturated heterocycles. The molecule has 2 N–H and O–H groups in total. The summed E-state index contributed by atoms with van der Waals surface area (Å²) in [7, 11) is 0. The van der Waals surface area contributed by atoms with E-state index in [0.717, 1.165) is 36.1 Å². The highest BCUT2D eigenvalue weighted by Crippen LogP contribution is 2.23. The molecule has 1 atom stereocenters. The molecule has 1 aromatic heterocycles. The normalized spacial score (nSPS) is 16.9. The predicted octanol–water partition coefficient (Wildman–Crippen LogP) is 3.06. The molecule has 0 aliphatic heterocycles. The van der Waals surface area contributed by atoms with Crippen LogP contribution in [0.1, 0.15) is 40.5 Å². The number of aromatic nitrogens is 1. The first-order valence-corrected chi connectivity index (χ1v) is 7.66. The van der Waals surface area contributed by atoms with Crippen molar-refractivity contribution in [2.24, 2.45) is 5.92 Å². The van der Waals surface area contributed by atoms with Gasteiger partial charge in [0.1, 0.15) is 5.56 Å². The van der Waals surface area contributed by atoms with E-state index in [4.69, 9.17) is 0 Å². The first-order chi connectivity index (χ1) is 10.5. The number of amides is 1. The zero-order valence-electron chi connectivity index (χ0n) is 12.9. The lowest BCUT2D eigenvalue weighted by atomic mass is 9.87. The summed E-state index contributed by atoms with van der Waals surface area (Å²) in [4.78, 5) is 27.4. The summed E-state index contributed by atoms with van der Waals surface area (Å²) in [5, 5.41) is 2.79. The van der Waals surface area contributed by atoms with Crippen LogP contribution in [0.3, 0.4) is 0 Å². The van der Waals surface area contributed by atoms with Crippen LogP contribution in [-0.4, -0.2) is 10.9 Å². The second-order valence-electron chi connectivity index (χ2n) is 6.18. The SMILES string of the molecule is Cc1ccc(NC(=O)c2cc3c([nH]c2=O)CC[C@@H](C)C3)cc1. The van der Waals surface area contributed by atoms with Crippen molar-refractivity contribution in [3.8, 4) is 0 Å². The number of carbonyl (C=O) groups excluding carboxylic acids is 1. The van der Waals surface area contributed by atoms with E-state index in [1.54, 1.807) is 6.07 Å². The van der Waals surface area contributed by atoms with Crippen LogP contribution in [0.4, 0.5) is 5.69 Å². The predicted molar refractivity (Wildman–Crippen MR) is 87.4 cm³/mol. The minimum Gasteiger partial charge on any atom is -0.325 e. The minimum absolute atomic E-state index is 0.188. The number of nitrogens with one attached hydrogen (secondary N) is 2. The number of fused-ring (bicyclic) bond motifs is 1. The second-order valence-corrected chi connectivity index (χ2v) is 6.18. The summed E-state index contributed by atoms with van der Waals surface area (Å²) < 4.78 is 0. The third-order valence-electron chi connectivity index (χ3n) is 4.22. The Morgan fingerprint density at radius 2 is 2.00 bits per heavy atom. The number of carbonyl (C=O) groups is 1. The summed E-state index contributed by atoms with van der Waals surface area (Å²) in [6.45, 7) is 4.18. The quantitative estimate of drug-likeness (QED) is 0.894. The molecule has 1 aromatic carbocycles. The summed E-state index contributed by atoms with van der Waals surface area (Å²) in [6.07, 6.45) is 2.88. The average molecular weight is 296 g/mol. The Morgan fingerprint density at radius 3 is 2.73 bits per heavy atom. The van der Waals surface area contributed by atoms with E-state index in [1.807, 2.05) is 31.2 Å². The molecule has 0 bridgehead atoms. The number of hydrogen-bond acceptors (Lipinski definition) is 2. The van der Waals surface area contributed by atoms with Crippen molar-refractivity contribution < 1.29 is 4.79 Å². The number of aryl methyl sites for hydroxylation is 2. The Hall–Kier alpha value is -2.36. The third-order valence-corrected chi connectivity index (χ3v) is 4.22. The van der Waals surface area contributed by atoms with Gasteiger partial charge in [-0.05, 0) is 55.9 Å². The van der Waals surface area contributed by atoms with Gasteiger partial charge in [-0.15, -0.1) is 0 Å². The topological polar surface area (TPSA) is 62.0 Å². The molecule has 0 saturated carbocycles. The van der Waals surface area contributed by atoms with Gasteiger partial charge >= 0.3 is 0 Å². The number of hydrogen-bond donors (Lipinski definition) is 2. The molecular weight excluding hydrogens is 276 g/mol. The fourth-order valence-electron chi connectivity index (χ4n) is 2.89. The van der Waals surface area contributed by atoms with Gasteiger partial charge in [-0.1, -0.05) is 24.6 Å². The highest BCUT2D eigenvalue weighted by molar-refractivity contribution is 6.04. The number of pyridine rings is 1. The zero-order chi connectivity index (χ0) is 15.7. The van der Waals surface area contributed by atoms with Crippen LogP contribution < -0.4 is 10.9 Å². The molecule has 1 aliphatic carbocycles. The van der Waals surface area contributed by atoms with Gasteiger partial charge in [-0.3, -0.25) is 9.59 Å². The molecule has 1 amide bonds. The average Bonchev–Trinajstić information content (AvgIpc) is 2.49. The molecule has 2 aromatic rings. The van der Waals surface area contributed by atoms with E-state index in [9.17, 15) is 9.59 Å². The highest BCUT2D eigenvalue weighted by atomic mass is 16.2. The highest BCUT2D eigenvalue weighted by Gasteiger charge is 2.20. The molecule has 0 fully saturated rings. The van der Waals surface area contributed by atoms with Gasteiger partial charge in [-0.2, -0.15) is 0 Å². The Balaban J connectivity index is 1.87. The lowest BCUT2D eigenvalue weighted by Gasteiger charge is -2.21. The number of rotatable bonds is 2. The van der Waals surface area contributed by atoms with E-state index >= 15 is 0 Å². The summed E-state index contributed by atoms with van der Waals surface area (Å²) in [5.41, 5.74) is 3.77. The van der Waals surface area contributed by atoms with Gasteiger partial charge in [0, 0.05) is 11.4 Å². The Kier molecular flexibility index (Phi) is 3.84. The Bertz CT molecular complexity index is 760.